The van der Waals surface area contributed by atoms with E-state index in [-0.39, 0.29) is 30.3 Å². The third-order valence-corrected chi connectivity index (χ3v) is 7.12. The molecule has 0 radical (unpaired) electrons. The summed E-state index contributed by atoms with van der Waals surface area (Å²) in [6.07, 6.45) is 1.75. The maximum atomic E-state index is 13.1. The number of phenolic OH excluding ortho intramolecular Hbond substituents is 1. The monoisotopic (exact) mass is 531 g/mol. The molecule has 0 unspecified atom stereocenters. The number of aromatic hydroxyl groups is 1. The SMILES string of the molecule is Cc1cc([C@H]2[C@H](c3ccccn3)NC(=S)N2CC(=O)Nc2ccccc2)c(C)n1-c1cc(Cl)ccc1O. The van der Waals surface area contributed by atoms with Crippen molar-refractivity contribution in [3.63, 3.8) is 0 Å². The molecule has 9 heteroatoms. The summed E-state index contributed by atoms with van der Waals surface area (Å²) < 4.78 is 1.97. The highest BCUT2D eigenvalue weighted by molar-refractivity contribution is 7.80. The van der Waals surface area contributed by atoms with Gasteiger partial charge in [0.15, 0.2) is 5.11 Å². The number of pyridine rings is 1. The molecular formula is C28H26ClN5O2S. The Morgan fingerprint density at radius 3 is 2.59 bits per heavy atom. The largest absolute Gasteiger partial charge is 0.506 e. The van der Waals surface area contributed by atoms with E-state index < -0.39 is 0 Å². The number of hydrogen-bond acceptors (Lipinski definition) is 4. The molecule has 0 saturated carbocycles. The third-order valence-electron chi connectivity index (χ3n) is 6.54. The van der Waals surface area contributed by atoms with Crippen molar-refractivity contribution < 1.29 is 9.90 Å². The Hall–Kier alpha value is -3.88. The fourth-order valence-corrected chi connectivity index (χ4v) is 5.40. The van der Waals surface area contributed by atoms with Crippen molar-refractivity contribution in [1.82, 2.24) is 19.8 Å². The topological polar surface area (TPSA) is 82.4 Å². The van der Waals surface area contributed by atoms with E-state index in [9.17, 15) is 9.90 Å². The van der Waals surface area contributed by atoms with Crippen molar-refractivity contribution >= 4 is 40.5 Å². The number of aromatic nitrogens is 2. The van der Waals surface area contributed by atoms with Crippen LogP contribution in [0.2, 0.25) is 5.02 Å². The fraction of sp³-hybridized carbons (Fsp3) is 0.179. The Labute approximate surface area is 225 Å². The quantitative estimate of drug-likeness (QED) is 0.287. The first-order chi connectivity index (χ1) is 17.8. The molecule has 4 aromatic rings. The van der Waals surface area contributed by atoms with E-state index in [1.165, 1.54) is 0 Å². The maximum Gasteiger partial charge on any atom is 0.244 e. The summed E-state index contributed by atoms with van der Waals surface area (Å²) >= 11 is 12.0. The average molecular weight is 532 g/mol. The van der Waals surface area contributed by atoms with Crippen LogP contribution < -0.4 is 10.6 Å². The minimum absolute atomic E-state index is 0.0564. The lowest BCUT2D eigenvalue weighted by Crippen LogP contribution is -2.37. The van der Waals surface area contributed by atoms with Crippen molar-refractivity contribution in [2.45, 2.75) is 25.9 Å². The molecule has 1 saturated heterocycles. The number of phenols is 1. The molecule has 1 fully saturated rings. The van der Waals surface area contributed by atoms with Gasteiger partial charge in [0.1, 0.15) is 12.3 Å². The molecule has 1 aliphatic heterocycles. The average Bonchev–Trinajstić information content (AvgIpc) is 3.36. The second-order valence-corrected chi connectivity index (χ2v) is 9.79. The predicted octanol–water partition coefficient (Wildman–Crippen LogP) is 5.46. The van der Waals surface area contributed by atoms with Crippen LogP contribution in [0.4, 0.5) is 5.69 Å². The number of thiocarbonyl (C=S) groups is 1. The smallest absolute Gasteiger partial charge is 0.244 e. The Morgan fingerprint density at radius 1 is 1.11 bits per heavy atom. The van der Waals surface area contributed by atoms with E-state index in [1.54, 1.807) is 24.4 Å². The number of amides is 1. The zero-order valence-electron chi connectivity index (χ0n) is 20.4. The van der Waals surface area contributed by atoms with Gasteiger partial charge < -0.3 is 25.2 Å². The van der Waals surface area contributed by atoms with Gasteiger partial charge in [0, 0.05) is 28.3 Å². The summed E-state index contributed by atoms with van der Waals surface area (Å²) in [6, 6.07) is 21.5. The molecule has 2 aromatic heterocycles. The van der Waals surface area contributed by atoms with Gasteiger partial charge in [0.2, 0.25) is 5.91 Å². The summed E-state index contributed by atoms with van der Waals surface area (Å²) in [6.45, 7) is 4.02. The molecule has 3 N–H and O–H groups in total. The van der Waals surface area contributed by atoms with Crippen molar-refractivity contribution in [2.24, 2.45) is 0 Å². The molecule has 2 atom stereocenters. The van der Waals surface area contributed by atoms with Crippen LogP contribution in [0.25, 0.3) is 5.69 Å². The first kappa shape index (κ1) is 24.8. The number of hydrogen-bond donors (Lipinski definition) is 3. The number of para-hydroxylation sites is 1. The van der Waals surface area contributed by atoms with Crippen LogP contribution in [0, 0.1) is 13.8 Å². The van der Waals surface area contributed by atoms with Gasteiger partial charge in [-0.15, -0.1) is 0 Å². The second kappa shape index (κ2) is 10.2. The van der Waals surface area contributed by atoms with Crippen LogP contribution in [0.15, 0.2) is 79.0 Å². The fourth-order valence-electron chi connectivity index (χ4n) is 4.92. The van der Waals surface area contributed by atoms with Crippen LogP contribution >= 0.6 is 23.8 Å². The number of nitrogens with zero attached hydrogens (tertiary/aromatic N) is 3. The Bertz CT molecular complexity index is 1460. The lowest BCUT2D eigenvalue weighted by Gasteiger charge is -2.27. The molecule has 5 rings (SSSR count). The minimum atomic E-state index is -0.315. The molecule has 7 nitrogen and oxygen atoms in total. The Kier molecular flexibility index (Phi) is 6.86. The van der Waals surface area contributed by atoms with Crippen LogP contribution in [-0.2, 0) is 4.79 Å². The number of rotatable bonds is 6. The molecule has 188 valence electrons. The number of carbonyl (C=O) groups is 1. The second-order valence-electron chi connectivity index (χ2n) is 8.96. The van der Waals surface area contributed by atoms with Gasteiger partial charge in [0.25, 0.3) is 0 Å². The van der Waals surface area contributed by atoms with Crippen molar-refractivity contribution in [3.8, 4) is 11.4 Å². The first-order valence-electron chi connectivity index (χ1n) is 11.8. The lowest BCUT2D eigenvalue weighted by molar-refractivity contribution is -0.116. The highest BCUT2D eigenvalue weighted by Crippen LogP contribution is 2.42. The highest BCUT2D eigenvalue weighted by atomic mass is 35.5. The van der Waals surface area contributed by atoms with Crippen LogP contribution in [0.1, 0.15) is 34.7 Å². The van der Waals surface area contributed by atoms with E-state index in [0.717, 1.165) is 28.3 Å². The molecule has 37 heavy (non-hydrogen) atoms. The zero-order valence-corrected chi connectivity index (χ0v) is 21.9. The Morgan fingerprint density at radius 2 is 1.86 bits per heavy atom. The van der Waals surface area contributed by atoms with Gasteiger partial charge in [-0.05, 0) is 80.2 Å². The van der Waals surface area contributed by atoms with Crippen molar-refractivity contribution in [1.29, 1.82) is 0 Å². The van der Waals surface area contributed by atoms with Crippen LogP contribution in [0.3, 0.4) is 0 Å². The first-order valence-corrected chi connectivity index (χ1v) is 12.6. The summed E-state index contributed by atoms with van der Waals surface area (Å²) in [5.41, 5.74) is 4.91. The maximum absolute atomic E-state index is 13.1. The van der Waals surface area contributed by atoms with Crippen LogP contribution in [-0.4, -0.2) is 37.1 Å². The normalized spacial score (nSPS) is 17.1. The summed E-state index contributed by atoms with van der Waals surface area (Å²) in [4.78, 5) is 19.6. The van der Waals surface area contributed by atoms with E-state index >= 15 is 0 Å². The number of halogens is 1. The minimum Gasteiger partial charge on any atom is -0.506 e. The van der Waals surface area contributed by atoms with E-state index in [2.05, 4.69) is 21.7 Å². The molecular weight excluding hydrogens is 506 g/mol. The Balaban J connectivity index is 1.56. The van der Waals surface area contributed by atoms with Gasteiger partial charge in [-0.3, -0.25) is 9.78 Å². The van der Waals surface area contributed by atoms with Gasteiger partial charge in [-0.25, -0.2) is 0 Å². The van der Waals surface area contributed by atoms with Gasteiger partial charge in [0.05, 0.1) is 23.5 Å². The highest BCUT2D eigenvalue weighted by Gasteiger charge is 2.42. The molecule has 3 heterocycles. The van der Waals surface area contributed by atoms with Gasteiger partial charge >= 0.3 is 0 Å². The van der Waals surface area contributed by atoms with Gasteiger partial charge in [-0.2, -0.15) is 0 Å². The van der Waals surface area contributed by atoms with Crippen molar-refractivity contribution in [3.05, 3.63) is 107 Å². The zero-order chi connectivity index (χ0) is 26.1. The molecule has 0 spiro atoms. The number of carbonyl (C=O) groups excluding carboxylic acids is 1. The number of anilines is 1. The predicted molar refractivity (Wildman–Crippen MR) is 149 cm³/mol. The number of nitrogens with one attached hydrogen (secondary N) is 2. The van der Waals surface area contributed by atoms with E-state index in [1.807, 2.05) is 71.8 Å². The molecule has 1 amide bonds. The number of benzene rings is 2. The molecule has 1 aliphatic rings. The summed E-state index contributed by atoms with van der Waals surface area (Å²) in [5, 5.41) is 17.9. The van der Waals surface area contributed by atoms with E-state index in [4.69, 9.17) is 23.8 Å². The van der Waals surface area contributed by atoms with Gasteiger partial charge in [-0.1, -0.05) is 35.9 Å². The van der Waals surface area contributed by atoms with Crippen molar-refractivity contribution in [2.75, 3.05) is 11.9 Å². The van der Waals surface area contributed by atoms with Crippen LogP contribution in [0.5, 0.6) is 5.75 Å². The molecule has 0 aliphatic carbocycles. The third kappa shape index (κ3) is 4.90. The lowest BCUT2D eigenvalue weighted by atomic mass is 9.96. The van der Waals surface area contributed by atoms with E-state index in [0.29, 0.717) is 15.8 Å². The standard InChI is InChI=1S/C28H26ClN5O2S/c1-17-14-21(18(2)34(17)23-15-19(29)11-12-24(23)35)27-26(22-10-6-7-13-30-22)32-28(37)33(27)16-25(36)31-20-8-4-3-5-9-20/h3-15,26-27,35H,16H2,1-2H3,(H,31,36)(H,32,37)/t26-,27-/m0/s1. The number of aryl methyl sites for hydroxylation is 1. The molecule has 2 aromatic carbocycles. The summed E-state index contributed by atoms with van der Waals surface area (Å²) in [7, 11) is 0. The summed E-state index contributed by atoms with van der Waals surface area (Å²) in [5.74, 6) is -0.0542. The molecule has 0 bridgehead atoms.